The summed E-state index contributed by atoms with van der Waals surface area (Å²) in [7, 11) is 0. The van der Waals surface area contributed by atoms with Gasteiger partial charge in [0, 0.05) is 40.2 Å². The Bertz CT molecular complexity index is 1290. The van der Waals surface area contributed by atoms with Crippen LogP contribution in [0.3, 0.4) is 0 Å². The van der Waals surface area contributed by atoms with Gasteiger partial charge in [0.05, 0.1) is 16.7 Å². The summed E-state index contributed by atoms with van der Waals surface area (Å²) in [6.07, 6.45) is 3.60. The fourth-order valence-corrected chi connectivity index (χ4v) is 3.35. The first-order chi connectivity index (χ1) is 13.3. The van der Waals surface area contributed by atoms with Crippen molar-refractivity contribution in [1.29, 1.82) is 0 Å². The van der Waals surface area contributed by atoms with Crippen LogP contribution in [-0.4, -0.2) is 9.97 Å². The molecule has 28 heavy (non-hydrogen) atoms. The van der Waals surface area contributed by atoms with E-state index >= 15 is 0 Å². The Labute approximate surface area is 221 Å². The number of benzene rings is 2. The molecule has 4 nitrogen and oxygen atoms in total. The number of fused-ring (bicyclic) bond motifs is 3. The molecule has 0 aliphatic rings. The monoisotopic (exact) mass is 482 g/mol. The second-order valence-corrected chi connectivity index (χ2v) is 6.40. The number of hydrogen-bond donors (Lipinski definition) is 0. The maximum atomic E-state index is 12.3. The zero-order valence-corrected chi connectivity index (χ0v) is 21.7. The number of pyridine rings is 3. The molecule has 5 aromatic rings. The molecule has 0 unspecified atom stereocenters. The Morgan fingerprint density at radius 3 is 2.43 bits per heavy atom. The summed E-state index contributed by atoms with van der Waals surface area (Å²) in [5.74, 6) is -0.0193. The van der Waals surface area contributed by atoms with Gasteiger partial charge in [0.15, 0.2) is 6.20 Å². The SMILES string of the molecule is [Cs+].[O-]c1ccc(-c2ccc3ccc4cccnc4c3n2)cc1-c1cccc[nH+]1. The number of aromatic nitrogens is 3. The molecule has 0 aliphatic carbocycles. The molecule has 0 fully saturated rings. The summed E-state index contributed by atoms with van der Waals surface area (Å²) in [4.78, 5) is 12.5. The van der Waals surface area contributed by atoms with E-state index in [0.717, 1.165) is 38.8 Å². The minimum Gasteiger partial charge on any atom is -0.872 e. The molecule has 0 spiro atoms. The first kappa shape index (κ1) is 19.6. The van der Waals surface area contributed by atoms with Gasteiger partial charge in [-0.25, -0.2) is 9.97 Å². The summed E-state index contributed by atoms with van der Waals surface area (Å²) in [5, 5.41) is 14.4. The maximum Gasteiger partial charge on any atom is 1.00 e. The van der Waals surface area contributed by atoms with Gasteiger partial charge in [0.25, 0.3) is 0 Å². The standard InChI is InChI=1S/C23H15N3O.Cs/c27-21-11-9-17(14-18(21)20-5-1-2-12-24-20)19-10-8-16-7-6-15-4-3-13-25-22(15)23(16)26-19;/h1-14,27H;/q;+1. The van der Waals surface area contributed by atoms with Crippen LogP contribution in [0, 0.1) is 0 Å². The second-order valence-electron chi connectivity index (χ2n) is 6.40. The molecule has 0 aliphatic heterocycles. The first-order valence-electron chi connectivity index (χ1n) is 8.73. The largest absolute Gasteiger partial charge is 1.00 e. The van der Waals surface area contributed by atoms with Gasteiger partial charge in [-0.1, -0.05) is 42.1 Å². The van der Waals surface area contributed by atoms with Gasteiger partial charge in [-0.3, -0.25) is 4.98 Å². The van der Waals surface area contributed by atoms with Crippen molar-refractivity contribution in [3.05, 3.63) is 85.2 Å². The molecule has 5 rings (SSSR count). The zero-order chi connectivity index (χ0) is 18.2. The van der Waals surface area contributed by atoms with Crippen LogP contribution < -0.4 is 79.0 Å². The van der Waals surface area contributed by atoms with E-state index in [4.69, 9.17) is 4.98 Å². The van der Waals surface area contributed by atoms with Gasteiger partial charge < -0.3 is 5.11 Å². The van der Waals surface area contributed by atoms with E-state index in [2.05, 4.69) is 22.1 Å². The number of rotatable bonds is 2. The van der Waals surface area contributed by atoms with Crippen molar-refractivity contribution in [2.45, 2.75) is 0 Å². The summed E-state index contributed by atoms with van der Waals surface area (Å²) < 4.78 is 0. The molecule has 0 saturated carbocycles. The van der Waals surface area contributed by atoms with Gasteiger partial charge in [0.1, 0.15) is 0 Å². The van der Waals surface area contributed by atoms with Crippen molar-refractivity contribution in [2.75, 3.05) is 0 Å². The van der Waals surface area contributed by atoms with Crippen LogP contribution in [0.5, 0.6) is 5.75 Å². The van der Waals surface area contributed by atoms with E-state index in [1.807, 2.05) is 60.8 Å². The maximum absolute atomic E-state index is 12.3. The summed E-state index contributed by atoms with van der Waals surface area (Å²) in [6, 6.07) is 23.1. The molecule has 5 heteroatoms. The van der Waals surface area contributed by atoms with Crippen LogP contribution in [0.2, 0.25) is 0 Å². The first-order valence-corrected chi connectivity index (χ1v) is 8.73. The molecule has 1 N–H and O–H groups in total. The van der Waals surface area contributed by atoms with Crippen LogP contribution in [0.25, 0.3) is 44.3 Å². The van der Waals surface area contributed by atoms with Crippen LogP contribution in [0.4, 0.5) is 0 Å². The molecular weight excluding hydrogens is 467 g/mol. The quantitative estimate of drug-likeness (QED) is 0.353. The molecule has 128 valence electrons. The average molecular weight is 482 g/mol. The molecule has 0 bridgehead atoms. The van der Waals surface area contributed by atoms with Crippen LogP contribution >= 0.6 is 0 Å². The van der Waals surface area contributed by atoms with E-state index in [1.165, 1.54) is 0 Å². The Hall–Kier alpha value is -1.74. The van der Waals surface area contributed by atoms with Crippen molar-refractivity contribution in [1.82, 2.24) is 9.97 Å². The Morgan fingerprint density at radius 2 is 1.61 bits per heavy atom. The van der Waals surface area contributed by atoms with E-state index in [0.29, 0.717) is 5.56 Å². The second kappa shape index (κ2) is 8.33. The summed E-state index contributed by atoms with van der Waals surface area (Å²) >= 11 is 0. The van der Waals surface area contributed by atoms with Gasteiger partial charge in [-0.2, -0.15) is 0 Å². The van der Waals surface area contributed by atoms with Crippen LogP contribution in [0.1, 0.15) is 0 Å². The molecule has 0 radical (unpaired) electrons. The van der Waals surface area contributed by atoms with Crippen molar-refractivity contribution < 1.29 is 79.0 Å². The topological polar surface area (TPSA) is 63.0 Å². The predicted molar refractivity (Wildman–Crippen MR) is 104 cm³/mol. The molecule has 2 aromatic carbocycles. The van der Waals surface area contributed by atoms with Crippen LogP contribution in [0.15, 0.2) is 85.2 Å². The van der Waals surface area contributed by atoms with Crippen LogP contribution in [-0.2, 0) is 0 Å². The minimum absolute atomic E-state index is 0. The van der Waals surface area contributed by atoms with Crippen molar-refractivity contribution in [3.8, 4) is 28.3 Å². The third kappa shape index (κ3) is 3.62. The summed E-state index contributed by atoms with van der Waals surface area (Å²) in [5.41, 5.74) is 4.89. The molecule has 0 atom stereocenters. The Balaban J connectivity index is 0.00000192. The van der Waals surface area contributed by atoms with E-state index in [1.54, 1.807) is 12.3 Å². The number of aromatic amines is 1. The number of nitrogens with zero attached hydrogens (tertiary/aromatic N) is 2. The normalized spacial score (nSPS) is 10.7. The minimum atomic E-state index is -0.0193. The Morgan fingerprint density at radius 1 is 0.786 bits per heavy atom. The van der Waals surface area contributed by atoms with Gasteiger partial charge >= 0.3 is 68.9 Å². The number of nitrogens with one attached hydrogen (secondary N) is 1. The average Bonchev–Trinajstić information content (AvgIpc) is 2.74. The predicted octanol–water partition coefficient (Wildman–Crippen LogP) is 1.01. The third-order valence-electron chi connectivity index (χ3n) is 4.71. The molecule has 3 aromatic heterocycles. The van der Waals surface area contributed by atoms with Gasteiger partial charge in [-0.15, -0.1) is 0 Å². The fraction of sp³-hybridized carbons (Fsp3) is 0. The van der Waals surface area contributed by atoms with E-state index in [9.17, 15) is 5.11 Å². The number of hydrogen-bond acceptors (Lipinski definition) is 3. The van der Waals surface area contributed by atoms with E-state index < -0.39 is 0 Å². The number of H-pyrrole nitrogens is 1. The molecule has 0 saturated heterocycles. The molecular formula is C23H15CsN3O+. The van der Waals surface area contributed by atoms with Crippen molar-refractivity contribution in [2.24, 2.45) is 0 Å². The van der Waals surface area contributed by atoms with Gasteiger partial charge in [0.2, 0.25) is 5.69 Å². The zero-order valence-electron chi connectivity index (χ0n) is 15.4. The van der Waals surface area contributed by atoms with Crippen molar-refractivity contribution in [3.63, 3.8) is 0 Å². The smallest absolute Gasteiger partial charge is 0.872 e. The van der Waals surface area contributed by atoms with Gasteiger partial charge in [-0.05, 0) is 24.3 Å². The van der Waals surface area contributed by atoms with Crippen molar-refractivity contribution >= 4 is 21.8 Å². The Kier molecular flexibility index (Phi) is 5.82. The third-order valence-corrected chi connectivity index (χ3v) is 4.71. The molecule has 3 heterocycles. The summed E-state index contributed by atoms with van der Waals surface area (Å²) in [6.45, 7) is 0. The molecule has 0 amide bonds. The van der Waals surface area contributed by atoms with E-state index in [-0.39, 0.29) is 74.6 Å². The fourth-order valence-electron chi connectivity index (χ4n) is 3.35.